The highest BCUT2D eigenvalue weighted by Gasteiger charge is 2.32. The lowest BCUT2D eigenvalue weighted by molar-refractivity contribution is -0.119. The lowest BCUT2D eigenvalue weighted by atomic mass is 10.0. The highest BCUT2D eigenvalue weighted by Crippen LogP contribution is 2.30. The summed E-state index contributed by atoms with van der Waals surface area (Å²) in [7, 11) is -3.57. The molecule has 10 heteroatoms. The summed E-state index contributed by atoms with van der Waals surface area (Å²) in [6.45, 7) is 1.72. The zero-order valence-electron chi connectivity index (χ0n) is 18.3. The molecule has 176 valence electrons. The maximum absolute atomic E-state index is 14.9. The van der Waals surface area contributed by atoms with Crippen LogP contribution in [0, 0.1) is 5.82 Å². The minimum Gasteiger partial charge on any atom is -0.442 e. The Morgan fingerprint density at radius 1 is 1.15 bits per heavy atom. The fourth-order valence-electron chi connectivity index (χ4n) is 3.63. The molecular formula is C24H22FN3O5S. The molecule has 2 heterocycles. The lowest BCUT2D eigenvalue weighted by Gasteiger charge is -2.15. The number of nitrogens with zero attached hydrogens (tertiary/aromatic N) is 2. The Kier molecular flexibility index (Phi) is 6.60. The molecule has 0 radical (unpaired) electrons. The Balaban J connectivity index is 1.49. The van der Waals surface area contributed by atoms with E-state index in [9.17, 15) is 22.4 Å². The first-order valence-electron chi connectivity index (χ1n) is 10.5. The molecule has 1 aliphatic heterocycles. The predicted molar refractivity (Wildman–Crippen MR) is 123 cm³/mol. The van der Waals surface area contributed by atoms with E-state index in [2.05, 4.69) is 10.3 Å². The SMILES string of the molecule is CC(=O)NC[C@H]1CN(c2ccc(-c3ccc(S(=O)(=O)Cc4ccncc4)cc3)c(F)c2)C(=O)O1. The van der Waals surface area contributed by atoms with Crippen molar-refractivity contribution in [2.75, 3.05) is 18.0 Å². The molecule has 1 aromatic heterocycles. The Hall–Kier alpha value is -3.79. The van der Waals surface area contributed by atoms with Crippen molar-refractivity contribution in [2.24, 2.45) is 0 Å². The Labute approximate surface area is 196 Å². The summed E-state index contributed by atoms with van der Waals surface area (Å²) < 4.78 is 45.5. The van der Waals surface area contributed by atoms with E-state index in [4.69, 9.17) is 4.74 Å². The number of rotatable bonds is 7. The zero-order chi connectivity index (χ0) is 24.3. The van der Waals surface area contributed by atoms with Crippen molar-refractivity contribution >= 4 is 27.5 Å². The fourth-order valence-corrected chi connectivity index (χ4v) is 4.97. The molecule has 1 aliphatic rings. The molecule has 3 aromatic rings. The number of amides is 2. The van der Waals surface area contributed by atoms with Gasteiger partial charge < -0.3 is 10.1 Å². The normalized spacial score (nSPS) is 15.8. The number of anilines is 1. The second-order valence-electron chi connectivity index (χ2n) is 7.86. The first-order chi connectivity index (χ1) is 16.2. The summed E-state index contributed by atoms with van der Waals surface area (Å²) in [5, 5.41) is 2.59. The van der Waals surface area contributed by atoms with Crippen LogP contribution in [0.4, 0.5) is 14.9 Å². The van der Waals surface area contributed by atoms with Gasteiger partial charge in [-0.25, -0.2) is 17.6 Å². The number of ether oxygens (including phenoxy) is 1. The third-order valence-electron chi connectivity index (χ3n) is 5.35. The molecule has 1 saturated heterocycles. The van der Waals surface area contributed by atoms with Crippen molar-refractivity contribution in [2.45, 2.75) is 23.7 Å². The number of sulfone groups is 1. The van der Waals surface area contributed by atoms with Crippen molar-refractivity contribution in [3.05, 3.63) is 78.4 Å². The van der Waals surface area contributed by atoms with Crippen molar-refractivity contribution < 1.29 is 27.1 Å². The number of nitrogens with one attached hydrogen (secondary N) is 1. The van der Waals surface area contributed by atoms with Gasteiger partial charge in [0.2, 0.25) is 5.91 Å². The van der Waals surface area contributed by atoms with Gasteiger partial charge in [0.15, 0.2) is 9.84 Å². The molecule has 1 N–H and O–H groups in total. The Bertz CT molecular complexity index is 1310. The number of carbonyl (C=O) groups is 2. The van der Waals surface area contributed by atoms with E-state index >= 15 is 0 Å². The van der Waals surface area contributed by atoms with Crippen LogP contribution in [0.25, 0.3) is 11.1 Å². The van der Waals surface area contributed by atoms with E-state index < -0.39 is 27.9 Å². The Morgan fingerprint density at radius 3 is 2.50 bits per heavy atom. The number of cyclic esters (lactones) is 1. The second kappa shape index (κ2) is 9.60. The summed E-state index contributed by atoms with van der Waals surface area (Å²) in [4.78, 5) is 28.5. The van der Waals surface area contributed by atoms with Gasteiger partial charge in [-0.05, 0) is 53.6 Å². The van der Waals surface area contributed by atoms with Crippen molar-refractivity contribution in [1.29, 1.82) is 0 Å². The molecule has 1 fully saturated rings. The fraction of sp³-hybridized carbons (Fsp3) is 0.208. The summed E-state index contributed by atoms with van der Waals surface area (Å²) in [6, 6.07) is 13.6. The number of hydrogen-bond acceptors (Lipinski definition) is 6. The maximum atomic E-state index is 14.9. The lowest BCUT2D eigenvalue weighted by Crippen LogP contribution is -2.33. The molecule has 8 nitrogen and oxygen atoms in total. The first kappa shape index (κ1) is 23.4. The van der Waals surface area contributed by atoms with E-state index in [1.807, 2.05) is 0 Å². The quantitative estimate of drug-likeness (QED) is 0.553. The standard InChI is InChI=1S/C24H22FN3O5S/c1-16(29)27-13-20-14-28(24(30)33-20)19-4-7-22(23(25)12-19)18-2-5-21(6-3-18)34(31,32)15-17-8-10-26-11-9-17/h2-12,20H,13-15H2,1H3,(H,27,29)/t20-/m0/s1. The molecular weight excluding hydrogens is 461 g/mol. The van der Waals surface area contributed by atoms with E-state index in [0.29, 0.717) is 16.8 Å². The molecule has 0 aliphatic carbocycles. The average molecular weight is 484 g/mol. The third-order valence-corrected chi connectivity index (χ3v) is 7.05. The predicted octanol–water partition coefficient (Wildman–Crippen LogP) is 3.32. The maximum Gasteiger partial charge on any atom is 0.414 e. The minimum atomic E-state index is -3.57. The van der Waals surface area contributed by atoms with Gasteiger partial charge in [-0.2, -0.15) is 0 Å². The van der Waals surface area contributed by atoms with Gasteiger partial charge in [-0.15, -0.1) is 0 Å². The van der Waals surface area contributed by atoms with E-state index in [0.717, 1.165) is 0 Å². The number of aromatic nitrogens is 1. The van der Waals surface area contributed by atoms with Gasteiger partial charge in [-0.1, -0.05) is 12.1 Å². The largest absolute Gasteiger partial charge is 0.442 e. The molecule has 0 bridgehead atoms. The topological polar surface area (TPSA) is 106 Å². The second-order valence-corrected chi connectivity index (χ2v) is 9.85. The van der Waals surface area contributed by atoms with Gasteiger partial charge in [0.05, 0.1) is 29.4 Å². The molecule has 0 unspecified atom stereocenters. The van der Waals surface area contributed by atoms with Crippen LogP contribution >= 0.6 is 0 Å². The monoisotopic (exact) mass is 483 g/mol. The molecule has 0 spiro atoms. The minimum absolute atomic E-state index is 0.134. The van der Waals surface area contributed by atoms with Crippen LogP contribution in [0.1, 0.15) is 12.5 Å². The van der Waals surface area contributed by atoms with E-state index in [1.54, 1.807) is 30.3 Å². The van der Waals surface area contributed by atoms with Crippen LogP contribution in [0.5, 0.6) is 0 Å². The van der Waals surface area contributed by atoms with Crippen LogP contribution in [0.3, 0.4) is 0 Å². The van der Waals surface area contributed by atoms with Crippen molar-refractivity contribution in [3.63, 3.8) is 0 Å². The number of halogens is 1. The molecule has 2 amide bonds. The smallest absolute Gasteiger partial charge is 0.414 e. The van der Waals surface area contributed by atoms with Gasteiger partial charge in [0.1, 0.15) is 11.9 Å². The van der Waals surface area contributed by atoms with Gasteiger partial charge in [0, 0.05) is 24.9 Å². The first-order valence-corrected chi connectivity index (χ1v) is 12.1. The van der Waals surface area contributed by atoms with Crippen LogP contribution in [-0.2, 0) is 25.1 Å². The summed E-state index contributed by atoms with van der Waals surface area (Å²) >= 11 is 0. The van der Waals surface area contributed by atoms with E-state index in [-0.39, 0.29) is 35.2 Å². The zero-order valence-corrected chi connectivity index (χ0v) is 19.1. The average Bonchev–Trinajstić information content (AvgIpc) is 3.18. The summed E-state index contributed by atoms with van der Waals surface area (Å²) in [5.74, 6) is -0.962. The highest BCUT2D eigenvalue weighted by molar-refractivity contribution is 7.90. The molecule has 1 atom stereocenters. The number of hydrogen-bond donors (Lipinski definition) is 1. The summed E-state index contributed by atoms with van der Waals surface area (Å²) in [6.07, 6.45) is 1.92. The third kappa shape index (κ3) is 5.23. The van der Waals surface area contributed by atoms with Crippen LogP contribution in [0.2, 0.25) is 0 Å². The van der Waals surface area contributed by atoms with Crippen LogP contribution in [0.15, 0.2) is 71.9 Å². The molecule has 2 aromatic carbocycles. The number of benzene rings is 2. The highest BCUT2D eigenvalue weighted by atomic mass is 32.2. The summed E-state index contributed by atoms with van der Waals surface area (Å²) in [5.41, 5.74) is 1.72. The van der Waals surface area contributed by atoms with E-state index in [1.165, 1.54) is 48.5 Å². The van der Waals surface area contributed by atoms with Gasteiger partial charge in [-0.3, -0.25) is 14.7 Å². The van der Waals surface area contributed by atoms with Crippen molar-refractivity contribution in [3.8, 4) is 11.1 Å². The van der Waals surface area contributed by atoms with Crippen LogP contribution in [-0.4, -0.2) is 44.6 Å². The number of carbonyl (C=O) groups excluding carboxylic acids is 2. The molecule has 34 heavy (non-hydrogen) atoms. The Morgan fingerprint density at radius 2 is 1.85 bits per heavy atom. The number of pyridine rings is 1. The molecule has 4 rings (SSSR count). The van der Waals surface area contributed by atoms with Crippen molar-refractivity contribution in [1.82, 2.24) is 10.3 Å². The molecule has 0 saturated carbocycles. The van der Waals surface area contributed by atoms with Crippen LogP contribution < -0.4 is 10.2 Å². The van der Waals surface area contributed by atoms with Gasteiger partial charge >= 0.3 is 6.09 Å². The van der Waals surface area contributed by atoms with Gasteiger partial charge in [0.25, 0.3) is 0 Å².